The van der Waals surface area contributed by atoms with Crippen LogP contribution in [-0.4, -0.2) is 48.4 Å². The van der Waals surface area contributed by atoms with Crippen molar-refractivity contribution in [3.63, 3.8) is 0 Å². The normalized spacial score (nSPS) is 15.4. The summed E-state index contributed by atoms with van der Waals surface area (Å²) in [4.78, 5) is 29.9. The summed E-state index contributed by atoms with van der Waals surface area (Å²) in [6.07, 6.45) is 1.46. The van der Waals surface area contributed by atoms with Crippen molar-refractivity contribution in [1.29, 1.82) is 0 Å². The zero-order chi connectivity index (χ0) is 22.9. The Bertz CT molecular complexity index is 1300. The van der Waals surface area contributed by atoms with Crippen molar-refractivity contribution < 1.29 is 13.2 Å². The number of amides is 1. The average Bonchev–Trinajstić information content (AvgIpc) is 3.11. The molecule has 0 aliphatic carbocycles. The number of rotatable bonds is 6. The zero-order valence-electron chi connectivity index (χ0n) is 18.3. The molecule has 8 nitrogen and oxygen atoms in total. The van der Waals surface area contributed by atoms with Crippen molar-refractivity contribution in [3.8, 4) is 0 Å². The van der Waals surface area contributed by atoms with Crippen molar-refractivity contribution in [3.05, 3.63) is 64.1 Å². The highest BCUT2D eigenvalue weighted by molar-refractivity contribution is 7.89. The second-order valence-electron chi connectivity index (χ2n) is 8.32. The third-order valence-electron chi connectivity index (χ3n) is 6.23. The minimum absolute atomic E-state index is 0.0333. The van der Waals surface area contributed by atoms with E-state index < -0.39 is 10.0 Å². The molecule has 9 heteroatoms. The van der Waals surface area contributed by atoms with Gasteiger partial charge in [-0.25, -0.2) is 17.9 Å². The van der Waals surface area contributed by atoms with Crippen LogP contribution in [0.25, 0.3) is 11.0 Å². The van der Waals surface area contributed by atoms with E-state index in [9.17, 15) is 18.0 Å². The molecule has 0 bridgehead atoms. The summed E-state index contributed by atoms with van der Waals surface area (Å²) in [6.45, 7) is 4.93. The predicted molar refractivity (Wildman–Crippen MR) is 123 cm³/mol. The van der Waals surface area contributed by atoms with Crippen molar-refractivity contribution in [2.75, 3.05) is 19.6 Å². The number of piperidine rings is 1. The molecule has 32 heavy (non-hydrogen) atoms. The van der Waals surface area contributed by atoms with E-state index in [2.05, 4.69) is 9.71 Å². The van der Waals surface area contributed by atoms with Gasteiger partial charge in [-0.2, -0.15) is 0 Å². The fourth-order valence-corrected chi connectivity index (χ4v) is 5.34. The maximum atomic E-state index is 12.6. The quantitative estimate of drug-likeness (QED) is 0.595. The molecular weight excluding hydrogens is 428 g/mol. The summed E-state index contributed by atoms with van der Waals surface area (Å²) in [5.41, 5.74) is 3.49. The Balaban J connectivity index is 1.31. The number of aryl methyl sites for hydroxylation is 2. The van der Waals surface area contributed by atoms with Gasteiger partial charge in [-0.1, -0.05) is 18.2 Å². The number of carbonyl (C=O) groups is 1. The molecule has 0 radical (unpaired) electrons. The number of hydrogen-bond donors (Lipinski definition) is 2. The fourth-order valence-electron chi connectivity index (χ4n) is 4.23. The summed E-state index contributed by atoms with van der Waals surface area (Å²) in [5, 5.41) is 0. The molecule has 170 valence electrons. The molecule has 2 heterocycles. The lowest BCUT2D eigenvalue weighted by Crippen LogP contribution is -2.41. The van der Waals surface area contributed by atoms with Gasteiger partial charge in [0.05, 0.1) is 15.9 Å². The first kappa shape index (κ1) is 22.3. The number of hydrogen-bond acceptors (Lipinski definition) is 4. The summed E-state index contributed by atoms with van der Waals surface area (Å²) in [7, 11) is -3.65. The topological polar surface area (TPSA) is 104 Å². The van der Waals surface area contributed by atoms with Gasteiger partial charge >= 0.3 is 5.69 Å². The number of nitrogens with zero attached hydrogens (tertiary/aromatic N) is 2. The number of H-pyrrole nitrogens is 1. The summed E-state index contributed by atoms with van der Waals surface area (Å²) in [5.74, 6) is -0.0856. The number of carbonyl (C=O) groups excluding carboxylic acids is 1. The number of nitrogens with one attached hydrogen (secondary N) is 2. The Kier molecular flexibility index (Phi) is 6.21. The van der Waals surface area contributed by atoms with E-state index >= 15 is 0 Å². The zero-order valence-corrected chi connectivity index (χ0v) is 19.1. The number of aromatic amines is 1. The summed E-state index contributed by atoms with van der Waals surface area (Å²) < 4.78 is 29.3. The van der Waals surface area contributed by atoms with Crippen LogP contribution in [0.2, 0.25) is 0 Å². The number of para-hydroxylation sites is 2. The molecule has 1 saturated heterocycles. The van der Waals surface area contributed by atoms with Gasteiger partial charge in [0.1, 0.15) is 0 Å². The fraction of sp³-hybridized carbons (Fsp3) is 0.391. The molecule has 0 saturated carbocycles. The Morgan fingerprint density at radius 1 is 1.09 bits per heavy atom. The van der Waals surface area contributed by atoms with Crippen LogP contribution in [0.4, 0.5) is 0 Å². The molecule has 1 aliphatic rings. The molecule has 1 amide bonds. The van der Waals surface area contributed by atoms with Gasteiger partial charge in [0.25, 0.3) is 0 Å². The van der Waals surface area contributed by atoms with Crippen LogP contribution in [0.15, 0.2) is 52.2 Å². The highest BCUT2D eigenvalue weighted by atomic mass is 32.2. The van der Waals surface area contributed by atoms with Crippen LogP contribution in [-0.2, 0) is 14.8 Å². The lowest BCUT2D eigenvalue weighted by molar-refractivity contribution is -0.132. The van der Waals surface area contributed by atoms with Crippen LogP contribution in [0, 0.1) is 13.8 Å². The first-order valence-electron chi connectivity index (χ1n) is 10.8. The van der Waals surface area contributed by atoms with Crippen LogP contribution in [0.3, 0.4) is 0 Å². The van der Waals surface area contributed by atoms with E-state index in [4.69, 9.17) is 0 Å². The molecule has 4 rings (SSSR count). The van der Waals surface area contributed by atoms with Gasteiger partial charge < -0.3 is 9.88 Å². The molecule has 1 aromatic heterocycles. The van der Waals surface area contributed by atoms with E-state index in [0.717, 1.165) is 22.2 Å². The Labute approximate surface area is 187 Å². The van der Waals surface area contributed by atoms with Gasteiger partial charge in [-0.15, -0.1) is 0 Å². The summed E-state index contributed by atoms with van der Waals surface area (Å²) >= 11 is 0. The van der Waals surface area contributed by atoms with Gasteiger partial charge in [-0.05, 0) is 62.1 Å². The first-order chi connectivity index (χ1) is 15.3. The highest BCUT2D eigenvalue weighted by Gasteiger charge is 2.26. The van der Waals surface area contributed by atoms with Gasteiger partial charge in [-0.3, -0.25) is 9.36 Å². The molecule has 2 N–H and O–H groups in total. The lowest BCUT2D eigenvalue weighted by Gasteiger charge is -2.32. The van der Waals surface area contributed by atoms with E-state index in [1.54, 1.807) is 27.7 Å². The van der Waals surface area contributed by atoms with Gasteiger partial charge in [0.15, 0.2) is 0 Å². The lowest BCUT2D eigenvalue weighted by atomic mass is 10.0. The smallest absolute Gasteiger partial charge is 0.326 e. The second kappa shape index (κ2) is 8.91. The third-order valence-corrected chi connectivity index (χ3v) is 7.68. The number of likely N-dealkylation sites (tertiary alicyclic amines) is 1. The molecule has 1 fully saturated rings. The van der Waals surface area contributed by atoms with Gasteiger partial charge in [0.2, 0.25) is 15.9 Å². The number of sulfonamides is 1. The maximum absolute atomic E-state index is 12.6. The molecule has 0 spiro atoms. The van der Waals surface area contributed by atoms with E-state index in [1.165, 1.54) is 0 Å². The molecular formula is C23H28N4O4S. The number of aromatic nitrogens is 2. The second-order valence-corrected chi connectivity index (χ2v) is 10.1. The van der Waals surface area contributed by atoms with Crippen molar-refractivity contribution >= 4 is 27.0 Å². The van der Waals surface area contributed by atoms with Gasteiger partial charge in [0, 0.05) is 32.1 Å². The Hall–Kier alpha value is -2.91. The Morgan fingerprint density at radius 2 is 1.81 bits per heavy atom. The minimum atomic E-state index is -3.65. The third kappa shape index (κ3) is 4.49. The monoisotopic (exact) mass is 456 g/mol. The molecule has 2 aromatic carbocycles. The predicted octanol–water partition coefficient (Wildman–Crippen LogP) is 2.48. The minimum Gasteiger partial charge on any atom is -0.343 e. The van der Waals surface area contributed by atoms with Crippen LogP contribution in [0.5, 0.6) is 0 Å². The highest BCUT2D eigenvalue weighted by Crippen LogP contribution is 2.25. The average molecular weight is 457 g/mol. The first-order valence-corrected chi connectivity index (χ1v) is 12.3. The molecule has 0 unspecified atom stereocenters. The largest absolute Gasteiger partial charge is 0.343 e. The van der Waals surface area contributed by atoms with E-state index in [-0.39, 0.29) is 35.5 Å². The number of fused-ring (bicyclic) bond motifs is 1. The summed E-state index contributed by atoms with van der Waals surface area (Å²) in [6, 6.07) is 12.6. The standard InChI is InChI=1S/C23H28N4O4S/c1-16-7-8-19(15-17(16)2)32(30,31)24-12-9-22(28)26-13-10-18(11-14-26)27-21-6-4-3-5-20(21)25-23(27)29/h3-8,15,18,24H,9-14H2,1-2H3,(H,25,29). The van der Waals surface area contributed by atoms with E-state index in [0.29, 0.717) is 25.9 Å². The van der Waals surface area contributed by atoms with Crippen LogP contribution in [0.1, 0.15) is 36.4 Å². The molecule has 0 atom stereocenters. The van der Waals surface area contributed by atoms with Crippen LogP contribution >= 0.6 is 0 Å². The van der Waals surface area contributed by atoms with Crippen LogP contribution < -0.4 is 10.4 Å². The Morgan fingerprint density at radius 3 is 2.53 bits per heavy atom. The SMILES string of the molecule is Cc1ccc(S(=O)(=O)NCCC(=O)N2CCC(n3c(=O)[nH]c4ccccc43)CC2)cc1C. The van der Waals surface area contributed by atoms with Crippen molar-refractivity contribution in [2.45, 2.75) is 44.0 Å². The molecule has 1 aliphatic heterocycles. The number of benzene rings is 2. The van der Waals surface area contributed by atoms with Crippen molar-refractivity contribution in [2.24, 2.45) is 0 Å². The maximum Gasteiger partial charge on any atom is 0.326 e. The van der Waals surface area contributed by atoms with Crippen molar-refractivity contribution in [1.82, 2.24) is 19.2 Å². The number of imidazole rings is 1. The molecule has 3 aromatic rings. The van der Waals surface area contributed by atoms with E-state index in [1.807, 2.05) is 38.1 Å².